The fourth-order valence-corrected chi connectivity index (χ4v) is 3.94. The zero-order valence-electron chi connectivity index (χ0n) is 16.1. The number of rotatable bonds is 6. The molecule has 1 aromatic heterocycles. The van der Waals surface area contributed by atoms with Gasteiger partial charge in [0.05, 0.1) is 0 Å². The van der Waals surface area contributed by atoms with Gasteiger partial charge in [-0.1, -0.05) is 32.0 Å². The van der Waals surface area contributed by atoms with Crippen LogP contribution in [0.25, 0.3) is 11.0 Å². The number of furan rings is 1. The minimum absolute atomic E-state index is 0. The number of aryl methyl sites for hydroxylation is 1. The molecule has 2 heterocycles. The molecule has 5 heteroatoms. The van der Waals surface area contributed by atoms with E-state index in [0.29, 0.717) is 24.8 Å². The Bertz CT molecular complexity index is 722. The summed E-state index contributed by atoms with van der Waals surface area (Å²) in [5.41, 5.74) is 2.07. The van der Waals surface area contributed by atoms with E-state index in [2.05, 4.69) is 25.2 Å². The Morgan fingerprint density at radius 2 is 2.00 bits per heavy atom. The van der Waals surface area contributed by atoms with Gasteiger partial charge in [0, 0.05) is 37.4 Å². The van der Waals surface area contributed by atoms with Gasteiger partial charge >= 0.3 is 0 Å². The van der Waals surface area contributed by atoms with Crippen molar-refractivity contribution >= 4 is 29.3 Å². The molecule has 2 aromatic rings. The van der Waals surface area contributed by atoms with Crippen LogP contribution in [0.15, 0.2) is 28.7 Å². The molecule has 1 fully saturated rings. The van der Waals surface area contributed by atoms with E-state index < -0.39 is 0 Å². The molecule has 3 rings (SSSR count). The largest absolute Gasteiger partial charge is 0.461 e. The Kier molecular flexibility index (Phi) is 7.54. The van der Waals surface area contributed by atoms with Gasteiger partial charge in [0.15, 0.2) is 0 Å². The normalized spacial score (nSPS) is 16.3. The molecule has 0 spiro atoms. The predicted octanol–water partition coefficient (Wildman–Crippen LogP) is 4.40. The molecule has 1 aliphatic rings. The van der Waals surface area contributed by atoms with Crippen LogP contribution in [0, 0.1) is 11.8 Å². The highest BCUT2D eigenvalue weighted by atomic mass is 35.5. The zero-order valence-corrected chi connectivity index (χ0v) is 16.9. The molecule has 4 nitrogen and oxygen atoms in total. The van der Waals surface area contributed by atoms with Crippen LogP contribution in [0.1, 0.15) is 44.4 Å². The van der Waals surface area contributed by atoms with Gasteiger partial charge in [-0.25, -0.2) is 0 Å². The van der Waals surface area contributed by atoms with E-state index in [4.69, 9.17) is 4.42 Å². The lowest BCUT2D eigenvalue weighted by molar-refractivity contribution is -0.131. The second-order valence-electron chi connectivity index (χ2n) is 7.37. The molecule has 0 aliphatic carbocycles. The SMILES string of the molecule is CCc1oc2ccccc2c1CN(C)C(=O)CC(C)C1CCNCC1.Cl. The summed E-state index contributed by atoms with van der Waals surface area (Å²) in [7, 11) is 1.92. The number of amides is 1. The number of carbonyl (C=O) groups is 1. The summed E-state index contributed by atoms with van der Waals surface area (Å²) in [5.74, 6) is 2.34. The van der Waals surface area contributed by atoms with Crippen molar-refractivity contribution in [2.75, 3.05) is 20.1 Å². The Hall–Kier alpha value is -1.52. The summed E-state index contributed by atoms with van der Waals surface area (Å²) in [4.78, 5) is 14.6. The van der Waals surface area contributed by atoms with Gasteiger partial charge in [-0.05, 0) is 43.8 Å². The predicted molar refractivity (Wildman–Crippen MR) is 109 cm³/mol. The van der Waals surface area contributed by atoms with Crippen LogP contribution in [0.5, 0.6) is 0 Å². The fraction of sp³-hybridized carbons (Fsp3) is 0.571. The summed E-state index contributed by atoms with van der Waals surface area (Å²) in [6, 6.07) is 8.11. The number of fused-ring (bicyclic) bond motifs is 1. The quantitative estimate of drug-likeness (QED) is 0.810. The standard InChI is InChI=1S/C21H30N2O2.ClH/c1-4-19-18(17-7-5-6-8-20(17)25-19)14-23(3)21(24)13-15(2)16-9-11-22-12-10-16;/h5-8,15-16,22H,4,9-14H2,1-3H3;1H. The summed E-state index contributed by atoms with van der Waals surface area (Å²) < 4.78 is 5.96. The number of nitrogens with zero attached hydrogens (tertiary/aromatic N) is 1. The number of para-hydroxylation sites is 1. The van der Waals surface area contributed by atoms with E-state index in [9.17, 15) is 4.79 Å². The summed E-state index contributed by atoms with van der Waals surface area (Å²) >= 11 is 0. The number of hydrogen-bond acceptors (Lipinski definition) is 3. The van der Waals surface area contributed by atoms with Crippen LogP contribution in [0.3, 0.4) is 0 Å². The first kappa shape index (κ1) is 20.8. The van der Waals surface area contributed by atoms with Crippen molar-refractivity contribution in [3.05, 3.63) is 35.6 Å². The van der Waals surface area contributed by atoms with Gasteiger partial charge < -0.3 is 14.6 Å². The molecule has 0 bridgehead atoms. The van der Waals surface area contributed by atoms with E-state index >= 15 is 0 Å². The van der Waals surface area contributed by atoms with Crippen molar-refractivity contribution in [1.82, 2.24) is 10.2 Å². The third kappa shape index (κ3) is 4.60. The summed E-state index contributed by atoms with van der Waals surface area (Å²) in [6.07, 6.45) is 3.85. The molecular weight excluding hydrogens is 348 g/mol. The van der Waals surface area contributed by atoms with Gasteiger partial charge in [-0.2, -0.15) is 0 Å². The molecule has 0 saturated carbocycles. The number of nitrogens with one attached hydrogen (secondary N) is 1. The minimum atomic E-state index is 0. The topological polar surface area (TPSA) is 45.5 Å². The lowest BCUT2D eigenvalue weighted by Gasteiger charge is -2.29. The maximum absolute atomic E-state index is 12.7. The van der Waals surface area contributed by atoms with Crippen LogP contribution in [0.4, 0.5) is 0 Å². The van der Waals surface area contributed by atoms with Gasteiger partial charge in [-0.15, -0.1) is 12.4 Å². The molecule has 144 valence electrons. The third-order valence-corrected chi connectivity index (χ3v) is 5.61. The van der Waals surface area contributed by atoms with E-state index in [0.717, 1.165) is 41.8 Å². The van der Waals surface area contributed by atoms with Crippen LogP contribution in [-0.4, -0.2) is 30.9 Å². The molecule has 1 unspecified atom stereocenters. The molecule has 1 atom stereocenters. The first-order valence-electron chi connectivity index (χ1n) is 9.54. The van der Waals surface area contributed by atoms with Gasteiger partial charge in [0.1, 0.15) is 11.3 Å². The summed E-state index contributed by atoms with van der Waals surface area (Å²) in [6.45, 7) is 7.12. The Morgan fingerprint density at radius 1 is 1.31 bits per heavy atom. The second kappa shape index (κ2) is 9.43. The number of piperidine rings is 1. The Labute approximate surface area is 162 Å². The Morgan fingerprint density at radius 3 is 2.69 bits per heavy atom. The smallest absolute Gasteiger partial charge is 0.222 e. The van der Waals surface area contributed by atoms with E-state index in [-0.39, 0.29) is 18.3 Å². The lowest BCUT2D eigenvalue weighted by atomic mass is 9.84. The lowest BCUT2D eigenvalue weighted by Crippen LogP contribution is -2.34. The summed E-state index contributed by atoms with van der Waals surface area (Å²) in [5, 5.41) is 4.53. The maximum Gasteiger partial charge on any atom is 0.222 e. The van der Waals surface area contributed by atoms with E-state index in [1.807, 2.05) is 30.1 Å². The highest BCUT2D eigenvalue weighted by molar-refractivity contribution is 5.85. The average molecular weight is 379 g/mol. The second-order valence-corrected chi connectivity index (χ2v) is 7.37. The molecular formula is C21H31ClN2O2. The number of benzene rings is 1. The van der Waals surface area contributed by atoms with Crippen molar-refractivity contribution in [2.45, 2.75) is 46.1 Å². The van der Waals surface area contributed by atoms with Crippen LogP contribution >= 0.6 is 12.4 Å². The van der Waals surface area contributed by atoms with Crippen molar-refractivity contribution in [3.8, 4) is 0 Å². The monoisotopic (exact) mass is 378 g/mol. The molecule has 1 saturated heterocycles. The minimum Gasteiger partial charge on any atom is -0.461 e. The molecule has 1 amide bonds. The van der Waals surface area contributed by atoms with Crippen LogP contribution < -0.4 is 5.32 Å². The van der Waals surface area contributed by atoms with Crippen molar-refractivity contribution in [1.29, 1.82) is 0 Å². The zero-order chi connectivity index (χ0) is 17.8. The van der Waals surface area contributed by atoms with Gasteiger partial charge in [0.2, 0.25) is 5.91 Å². The van der Waals surface area contributed by atoms with E-state index in [1.165, 1.54) is 12.8 Å². The first-order valence-corrected chi connectivity index (χ1v) is 9.54. The van der Waals surface area contributed by atoms with Crippen molar-refractivity contribution < 1.29 is 9.21 Å². The maximum atomic E-state index is 12.7. The number of halogens is 1. The van der Waals surface area contributed by atoms with Crippen LogP contribution in [-0.2, 0) is 17.8 Å². The third-order valence-electron chi connectivity index (χ3n) is 5.61. The fourth-order valence-electron chi connectivity index (χ4n) is 3.94. The van der Waals surface area contributed by atoms with Gasteiger partial charge in [-0.3, -0.25) is 4.79 Å². The molecule has 1 N–H and O–H groups in total. The molecule has 1 aromatic carbocycles. The van der Waals surface area contributed by atoms with Crippen molar-refractivity contribution in [3.63, 3.8) is 0 Å². The molecule has 1 aliphatic heterocycles. The molecule has 0 radical (unpaired) electrons. The molecule has 26 heavy (non-hydrogen) atoms. The highest BCUT2D eigenvalue weighted by Crippen LogP contribution is 2.28. The number of hydrogen-bond donors (Lipinski definition) is 1. The Balaban J connectivity index is 0.00000243. The number of carbonyl (C=O) groups excluding carboxylic acids is 1. The van der Waals surface area contributed by atoms with Crippen LogP contribution in [0.2, 0.25) is 0 Å². The highest BCUT2D eigenvalue weighted by Gasteiger charge is 2.24. The first-order chi connectivity index (χ1) is 12.1. The average Bonchev–Trinajstić information content (AvgIpc) is 3.00. The van der Waals surface area contributed by atoms with Crippen molar-refractivity contribution in [2.24, 2.45) is 11.8 Å². The van der Waals surface area contributed by atoms with E-state index in [1.54, 1.807) is 0 Å². The van der Waals surface area contributed by atoms with Gasteiger partial charge in [0.25, 0.3) is 0 Å².